The van der Waals surface area contributed by atoms with Gasteiger partial charge in [-0.2, -0.15) is 0 Å². The van der Waals surface area contributed by atoms with E-state index in [-0.39, 0.29) is 17.7 Å². The van der Waals surface area contributed by atoms with Crippen LogP contribution in [0.3, 0.4) is 0 Å². The van der Waals surface area contributed by atoms with Crippen molar-refractivity contribution >= 4 is 22.1 Å². The summed E-state index contributed by atoms with van der Waals surface area (Å²) in [7, 11) is 2.96. The van der Waals surface area contributed by atoms with Crippen LogP contribution < -0.4 is 11.1 Å². The van der Waals surface area contributed by atoms with Crippen LogP contribution in [-0.4, -0.2) is 40.0 Å². The molecule has 0 spiro atoms. The van der Waals surface area contributed by atoms with E-state index in [9.17, 15) is 18.4 Å². The average Bonchev–Trinajstić information content (AvgIpc) is 2.76. The van der Waals surface area contributed by atoms with Gasteiger partial charge in [0.15, 0.2) is 6.29 Å². The molecule has 32 heavy (non-hydrogen) atoms. The van der Waals surface area contributed by atoms with E-state index in [4.69, 9.17) is 9.47 Å². The van der Waals surface area contributed by atoms with Crippen LogP contribution >= 0.6 is 0 Å². The van der Waals surface area contributed by atoms with E-state index >= 15 is 0 Å². The summed E-state index contributed by atoms with van der Waals surface area (Å²) in [5, 5.41) is 0. The molecular formula is C22H22F2N4O4. The summed E-state index contributed by atoms with van der Waals surface area (Å²) >= 11 is 0. The molecule has 0 amide bonds. The quantitative estimate of drug-likeness (QED) is 0.486. The molecule has 0 aromatic carbocycles. The van der Waals surface area contributed by atoms with Gasteiger partial charge in [-0.1, -0.05) is 0 Å². The molecule has 8 nitrogen and oxygen atoms in total. The number of halogens is 2. The Kier molecular flexibility index (Phi) is 7.06. The summed E-state index contributed by atoms with van der Waals surface area (Å²) < 4.78 is 38.1. The highest BCUT2D eigenvalue weighted by Gasteiger charge is 2.12. The molecule has 0 fully saturated rings. The van der Waals surface area contributed by atoms with Crippen molar-refractivity contribution in [2.45, 2.75) is 26.7 Å². The fourth-order valence-electron chi connectivity index (χ4n) is 3.03. The van der Waals surface area contributed by atoms with Crippen molar-refractivity contribution in [3.8, 4) is 0 Å². The second kappa shape index (κ2) is 9.75. The van der Waals surface area contributed by atoms with Crippen molar-refractivity contribution < 1.29 is 18.3 Å². The van der Waals surface area contributed by atoms with Gasteiger partial charge >= 0.3 is 0 Å². The van der Waals surface area contributed by atoms with Gasteiger partial charge in [-0.3, -0.25) is 9.59 Å². The minimum Gasteiger partial charge on any atom is -0.354 e. The minimum absolute atomic E-state index is 0.174. The average molecular weight is 444 g/mol. The monoisotopic (exact) mass is 444 g/mol. The normalized spacial score (nSPS) is 11.1. The number of rotatable bonds is 4. The lowest BCUT2D eigenvalue weighted by molar-refractivity contribution is -0.110. The first kappa shape index (κ1) is 23.2. The molecule has 0 aliphatic carbocycles. The molecule has 0 aliphatic rings. The van der Waals surface area contributed by atoms with E-state index in [2.05, 4.69) is 15.0 Å². The largest absolute Gasteiger partial charge is 0.354 e. The summed E-state index contributed by atoms with van der Waals surface area (Å²) in [5.41, 5.74) is 2.13. The summed E-state index contributed by atoms with van der Waals surface area (Å²) in [6.45, 7) is 3.34. The number of nitrogens with one attached hydrogen (secondary N) is 1. The summed E-state index contributed by atoms with van der Waals surface area (Å²) in [5.74, 6) is -0.854. The van der Waals surface area contributed by atoms with E-state index in [1.807, 2.05) is 0 Å². The first-order valence-electron chi connectivity index (χ1n) is 9.62. The van der Waals surface area contributed by atoms with E-state index < -0.39 is 17.9 Å². The lowest BCUT2D eigenvalue weighted by atomic mass is 10.2. The van der Waals surface area contributed by atoms with Gasteiger partial charge in [0, 0.05) is 38.5 Å². The first-order valence-corrected chi connectivity index (χ1v) is 9.62. The Labute approximate surface area is 181 Å². The second-order valence-electron chi connectivity index (χ2n) is 6.95. The molecular weight excluding hydrogens is 422 g/mol. The van der Waals surface area contributed by atoms with Crippen LogP contribution in [-0.2, 0) is 16.0 Å². The summed E-state index contributed by atoms with van der Waals surface area (Å²) in [4.78, 5) is 33.4. The van der Waals surface area contributed by atoms with Gasteiger partial charge in [0.2, 0.25) is 5.56 Å². The number of nitrogens with zero attached hydrogens (tertiary/aromatic N) is 3. The number of ether oxygens (including phenoxy) is 2. The van der Waals surface area contributed by atoms with E-state index in [1.54, 1.807) is 26.0 Å². The first-order chi connectivity index (χ1) is 15.2. The van der Waals surface area contributed by atoms with Gasteiger partial charge in [0.1, 0.15) is 11.6 Å². The molecule has 4 heterocycles. The van der Waals surface area contributed by atoms with Crippen molar-refractivity contribution in [3.63, 3.8) is 0 Å². The van der Waals surface area contributed by atoms with E-state index in [0.717, 1.165) is 0 Å². The maximum atomic E-state index is 13.6. The molecule has 0 bridgehead atoms. The van der Waals surface area contributed by atoms with Crippen LogP contribution in [0.1, 0.15) is 11.4 Å². The molecule has 0 saturated heterocycles. The second-order valence-corrected chi connectivity index (χ2v) is 6.95. The van der Waals surface area contributed by atoms with Crippen molar-refractivity contribution in [3.05, 3.63) is 80.1 Å². The molecule has 0 atom stereocenters. The van der Waals surface area contributed by atoms with Crippen LogP contribution in [0.2, 0.25) is 0 Å². The number of H-pyrrole nitrogens is 1. The fourth-order valence-corrected chi connectivity index (χ4v) is 3.03. The van der Waals surface area contributed by atoms with E-state index in [0.29, 0.717) is 33.5 Å². The van der Waals surface area contributed by atoms with Gasteiger partial charge in [0.25, 0.3) is 5.56 Å². The van der Waals surface area contributed by atoms with Gasteiger partial charge in [0.05, 0.1) is 40.0 Å². The minimum atomic E-state index is -0.576. The van der Waals surface area contributed by atoms with Crippen LogP contribution in [0.5, 0.6) is 0 Å². The Morgan fingerprint density at radius 3 is 2.19 bits per heavy atom. The maximum Gasteiger partial charge on any atom is 0.251 e. The number of fused-ring (bicyclic) bond motifs is 2. The molecule has 1 N–H and O–H groups in total. The molecule has 0 radical (unpaired) electrons. The highest BCUT2D eigenvalue weighted by Crippen LogP contribution is 2.15. The van der Waals surface area contributed by atoms with Gasteiger partial charge in [-0.25, -0.2) is 18.7 Å². The number of pyridine rings is 4. The molecule has 10 heteroatoms. The number of methoxy groups -OCH3 is 2. The number of hydrogen-bond acceptors (Lipinski definition) is 6. The molecule has 0 aliphatic heterocycles. The molecule has 168 valence electrons. The molecule has 4 rings (SSSR count). The third-order valence-electron chi connectivity index (χ3n) is 4.79. The highest BCUT2D eigenvalue weighted by atomic mass is 19.1. The molecule has 0 unspecified atom stereocenters. The number of aromatic nitrogens is 4. The maximum absolute atomic E-state index is 13.6. The van der Waals surface area contributed by atoms with Crippen LogP contribution in [0.15, 0.2) is 46.0 Å². The van der Waals surface area contributed by atoms with Crippen molar-refractivity contribution in [2.24, 2.45) is 0 Å². The van der Waals surface area contributed by atoms with Crippen LogP contribution in [0.4, 0.5) is 8.78 Å². The predicted molar refractivity (Wildman–Crippen MR) is 116 cm³/mol. The standard InChI is InChI=1S/C13H15FN2O3.C9H7FN2O/c1-8-9(14)6-11-10(15-8)4-5-12(17)16(11)7-13(18-2)19-3;1-5-6(10)4-8-7(11-5)2-3-9(13)12-8/h4-6,13H,7H2,1-3H3;2-4H,1H3,(H,12,13). The lowest BCUT2D eigenvalue weighted by Gasteiger charge is -2.16. The van der Waals surface area contributed by atoms with Crippen molar-refractivity contribution in [2.75, 3.05) is 14.2 Å². The third kappa shape index (κ3) is 5.04. The number of aryl methyl sites for hydroxylation is 2. The number of aromatic amines is 1. The Morgan fingerprint density at radius 1 is 0.938 bits per heavy atom. The topological polar surface area (TPSA) is 99.1 Å². The smallest absolute Gasteiger partial charge is 0.251 e. The lowest BCUT2D eigenvalue weighted by Crippen LogP contribution is -2.28. The van der Waals surface area contributed by atoms with Crippen LogP contribution in [0.25, 0.3) is 22.1 Å². The van der Waals surface area contributed by atoms with Gasteiger partial charge in [-0.15, -0.1) is 0 Å². The predicted octanol–water partition coefficient (Wildman–Crippen LogP) is 2.83. The summed E-state index contributed by atoms with van der Waals surface area (Å²) in [6, 6.07) is 8.50. The van der Waals surface area contributed by atoms with Gasteiger partial charge < -0.3 is 19.0 Å². The van der Waals surface area contributed by atoms with Gasteiger partial charge in [-0.05, 0) is 26.0 Å². The van der Waals surface area contributed by atoms with Crippen molar-refractivity contribution in [1.29, 1.82) is 0 Å². The summed E-state index contributed by atoms with van der Waals surface area (Å²) in [6.07, 6.45) is -0.576. The molecule has 0 saturated carbocycles. The molecule has 4 aromatic heterocycles. The highest BCUT2D eigenvalue weighted by molar-refractivity contribution is 5.75. The Hall–Kier alpha value is -3.50. The Morgan fingerprint density at radius 2 is 1.53 bits per heavy atom. The number of hydrogen-bond donors (Lipinski definition) is 1. The SMILES string of the molecule is COC(Cn1c(=O)ccc2nc(C)c(F)cc21)OC.Cc1nc2ccc(=O)[nH]c2cc1F. The molecule has 4 aromatic rings. The zero-order valence-corrected chi connectivity index (χ0v) is 18.0. The zero-order valence-electron chi connectivity index (χ0n) is 18.0. The zero-order chi connectivity index (χ0) is 23.4. The van der Waals surface area contributed by atoms with Crippen molar-refractivity contribution in [1.82, 2.24) is 19.5 Å². The third-order valence-corrected chi connectivity index (χ3v) is 4.79. The Balaban J connectivity index is 0.000000193. The van der Waals surface area contributed by atoms with E-state index in [1.165, 1.54) is 43.1 Å². The Bertz CT molecular complexity index is 1380. The fraction of sp³-hybridized carbons (Fsp3) is 0.273. The van der Waals surface area contributed by atoms with Crippen LogP contribution in [0, 0.1) is 25.5 Å².